The number of nitrogens with zero attached hydrogens (tertiary/aromatic N) is 7. The van der Waals surface area contributed by atoms with Crippen molar-refractivity contribution in [1.82, 2.24) is 29.1 Å². The van der Waals surface area contributed by atoms with Crippen molar-refractivity contribution < 1.29 is 14.9 Å². The number of aliphatic hydroxyl groups is 2. The zero-order chi connectivity index (χ0) is 24.0. The Morgan fingerprint density at radius 1 is 1.09 bits per heavy atom. The molecule has 0 spiro atoms. The fourth-order valence-electron chi connectivity index (χ4n) is 5.23. The van der Waals surface area contributed by atoms with Gasteiger partial charge in [0.25, 0.3) is 0 Å². The fourth-order valence-corrected chi connectivity index (χ4v) is 5.23. The van der Waals surface area contributed by atoms with Crippen LogP contribution in [0.1, 0.15) is 38.3 Å². The van der Waals surface area contributed by atoms with Crippen molar-refractivity contribution in [2.75, 3.05) is 37.8 Å². The summed E-state index contributed by atoms with van der Waals surface area (Å²) in [5.74, 6) is 0.627. The fraction of sp³-hybridized carbons (Fsp3) is 0.520. The minimum Gasteiger partial charge on any atom is -0.396 e. The Hall–Kier alpha value is -3.08. The normalized spacial score (nSPS) is 20.7. The van der Waals surface area contributed by atoms with Gasteiger partial charge in [0.1, 0.15) is 23.1 Å². The van der Waals surface area contributed by atoms with Crippen LogP contribution in [0.15, 0.2) is 30.9 Å². The van der Waals surface area contributed by atoms with Gasteiger partial charge in [0.05, 0.1) is 19.5 Å². The third-order valence-electron chi connectivity index (χ3n) is 7.63. The monoisotopic (exact) mass is 477 g/mol. The predicted molar refractivity (Wildman–Crippen MR) is 132 cm³/mol. The van der Waals surface area contributed by atoms with Gasteiger partial charge in [0.2, 0.25) is 5.95 Å². The zero-order valence-corrected chi connectivity index (χ0v) is 20.0. The Morgan fingerprint density at radius 2 is 1.91 bits per heavy atom. The van der Waals surface area contributed by atoms with Crippen LogP contribution < -0.4 is 4.90 Å². The van der Waals surface area contributed by atoms with Gasteiger partial charge >= 0.3 is 0 Å². The molecule has 2 aliphatic heterocycles. The van der Waals surface area contributed by atoms with Gasteiger partial charge < -0.3 is 24.4 Å². The minimum absolute atomic E-state index is 0.0168. The maximum Gasteiger partial charge on any atom is 0.228 e. The molecule has 0 radical (unpaired) electrons. The number of fused-ring (bicyclic) bond motifs is 2. The summed E-state index contributed by atoms with van der Waals surface area (Å²) in [6, 6.07) is 4.15. The SMILES string of the molecule is Cn1ccc2cc(-c3nc(N4CCC(CO)(CO)CC4)nc4c3ncn4C3CCCCO3)cnc21. The number of aromatic nitrogens is 6. The lowest BCUT2D eigenvalue weighted by molar-refractivity contribution is -0.0298. The van der Waals surface area contributed by atoms with Crippen LogP contribution in [-0.2, 0) is 11.8 Å². The van der Waals surface area contributed by atoms with Gasteiger partial charge in [-0.2, -0.15) is 4.98 Å². The largest absolute Gasteiger partial charge is 0.396 e. The summed E-state index contributed by atoms with van der Waals surface area (Å²) in [6.45, 7) is 2.03. The smallest absolute Gasteiger partial charge is 0.228 e. The molecule has 10 heteroatoms. The molecule has 1 unspecified atom stereocenters. The number of pyridine rings is 1. The lowest BCUT2D eigenvalue weighted by Gasteiger charge is -2.39. The van der Waals surface area contributed by atoms with Gasteiger partial charge in [0.15, 0.2) is 5.65 Å². The Labute approximate surface area is 203 Å². The summed E-state index contributed by atoms with van der Waals surface area (Å²) in [5.41, 5.74) is 3.61. The summed E-state index contributed by atoms with van der Waals surface area (Å²) in [7, 11) is 1.98. The molecule has 6 heterocycles. The minimum atomic E-state index is -0.441. The van der Waals surface area contributed by atoms with E-state index in [0.717, 1.165) is 59.3 Å². The topological polar surface area (TPSA) is 114 Å². The van der Waals surface area contributed by atoms with Crippen LogP contribution in [0.5, 0.6) is 0 Å². The maximum absolute atomic E-state index is 9.83. The average molecular weight is 478 g/mol. The molecule has 2 N–H and O–H groups in total. The molecule has 2 aliphatic rings. The molecule has 2 saturated heterocycles. The van der Waals surface area contributed by atoms with Crippen molar-refractivity contribution in [3.63, 3.8) is 0 Å². The van der Waals surface area contributed by atoms with E-state index in [-0.39, 0.29) is 19.4 Å². The summed E-state index contributed by atoms with van der Waals surface area (Å²) in [6.07, 6.45) is 10.0. The van der Waals surface area contributed by atoms with E-state index in [1.807, 2.05) is 41.0 Å². The molecule has 2 fully saturated rings. The number of ether oxygens (including phenoxy) is 1. The third-order valence-corrected chi connectivity index (χ3v) is 7.63. The number of imidazole rings is 1. The van der Waals surface area contributed by atoms with E-state index in [1.165, 1.54) is 0 Å². The molecule has 184 valence electrons. The quantitative estimate of drug-likeness (QED) is 0.451. The molecule has 0 aliphatic carbocycles. The van der Waals surface area contributed by atoms with Crippen LogP contribution in [0, 0.1) is 5.41 Å². The molecule has 6 rings (SSSR count). The Morgan fingerprint density at radius 3 is 2.66 bits per heavy atom. The molecule has 0 amide bonds. The number of aryl methyl sites for hydroxylation is 1. The Bertz CT molecular complexity index is 1340. The van der Waals surface area contributed by atoms with Crippen LogP contribution in [0.25, 0.3) is 33.5 Å². The van der Waals surface area contributed by atoms with Gasteiger partial charge in [-0.05, 0) is 44.2 Å². The number of hydrogen-bond donors (Lipinski definition) is 2. The summed E-state index contributed by atoms with van der Waals surface area (Å²) in [4.78, 5) is 21.5. The highest BCUT2D eigenvalue weighted by Gasteiger charge is 2.35. The van der Waals surface area contributed by atoms with Crippen LogP contribution in [0.2, 0.25) is 0 Å². The zero-order valence-electron chi connectivity index (χ0n) is 20.0. The maximum atomic E-state index is 9.83. The van der Waals surface area contributed by atoms with Gasteiger partial charge in [-0.15, -0.1) is 0 Å². The first kappa shape index (κ1) is 22.4. The number of anilines is 1. The Balaban J connectivity index is 1.46. The molecule has 0 bridgehead atoms. The number of rotatable bonds is 5. The molecule has 4 aromatic rings. The molecule has 1 atom stereocenters. The second-order valence-corrected chi connectivity index (χ2v) is 9.88. The molecule has 4 aromatic heterocycles. The molecule has 35 heavy (non-hydrogen) atoms. The van der Waals surface area contributed by atoms with E-state index in [1.54, 1.807) is 0 Å². The molecule has 0 saturated carbocycles. The van der Waals surface area contributed by atoms with Crippen LogP contribution >= 0.6 is 0 Å². The predicted octanol–water partition coefficient (Wildman–Crippen LogP) is 2.65. The summed E-state index contributed by atoms with van der Waals surface area (Å²) in [5, 5.41) is 20.7. The first-order chi connectivity index (χ1) is 17.1. The first-order valence-corrected chi connectivity index (χ1v) is 12.4. The lowest BCUT2D eigenvalue weighted by atomic mass is 9.80. The number of hydrogen-bond acceptors (Lipinski definition) is 8. The highest BCUT2D eigenvalue weighted by molar-refractivity contribution is 5.91. The van der Waals surface area contributed by atoms with Crippen LogP contribution in [0.4, 0.5) is 5.95 Å². The van der Waals surface area contributed by atoms with Crippen molar-refractivity contribution in [2.24, 2.45) is 12.5 Å². The summed E-state index contributed by atoms with van der Waals surface area (Å²) >= 11 is 0. The molecular weight excluding hydrogens is 446 g/mol. The van der Waals surface area contributed by atoms with Crippen molar-refractivity contribution in [1.29, 1.82) is 0 Å². The second-order valence-electron chi connectivity index (χ2n) is 9.88. The lowest BCUT2D eigenvalue weighted by Crippen LogP contribution is -2.44. The highest BCUT2D eigenvalue weighted by Crippen LogP contribution is 2.35. The Kier molecular flexibility index (Phi) is 5.66. The molecule has 0 aromatic carbocycles. The van der Waals surface area contributed by atoms with Crippen LogP contribution in [0.3, 0.4) is 0 Å². The second kappa shape index (κ2) is 8.85. The van der Waals surface area contributed by atoms with Crippen LogP contribution in [-0.4, -0.2) is 72.2 Å². The van der Waals surface area contributed by atoms with Gasteiger partial charge in [0, 0.05) is 55.5 Å². The molecular formula is C25H31N7O3. The standard InChI is InChI=1S/C25H31N7O3/c1-30-8-5-17-12-18(13-26-22(17)30)20-21-23(32(16-27-21)19-4-2-3-11-35-19)29-24(28-20)31-9-6-25(14-33,15-34)7-10-31/h5,8,12-13,16,19,33-34H,2-4,6-7,9-11,14-15H2,1H3. The van der Waals surface area contributed by atoms with Crippen molar-refractivity contribution in [2.45, 2.75) is 38.3 Å². The molecule has 10 nitrogen and oxygen atoms in total. The van der Waals surface area contributed by atoms with E-state index in [9.17, 15) is 10.2 Å². The van der Waals surface area contributed by atoms with Gasteiger partial charge in [-0.3, -0.25) is 4.57 Å². The number of piperidine rings is 1. The van der Waals surface area contributed by atoms with Gasteiger partial charge in [-0.1, -0.05) is 0 Å². The highest BCUT2D eigenvalue weighted by atomic mass is 16.5. The van der Waals surface area contributed by atoms with E-state index in [2.05, 4.69) is 16.0 Å². The van der Waals surface area contributed by atoms with E-state index in [0.29, 0.717) is 31.9 Å². The average Bonchev–Trinajstić information content (AvgIpc) is 3.52. The van der Waals surface area contributed by atoms with E-state index >= 15 is 0 Å². The van der Waals surface area contributed by atoms with Crippen molar-refractivity contribution >= 4 is 28.1 Å². The summed E-state index contributed by atoms with van der Waals surface area (Å²) < 4.78 is 10.1. The van der Waals surface area contributed by atoms with Crippen molar-refractivity contribution in [3.05, 3.63) is 30.9 Å². The third kappa shape index (κ3) is 3.85. The van der Waals surface area contributed by atoms with Crippen molar-refractivity contribution in [3.8, 4) is 11.3 Å². The first-order valence-electron chi connectivity index (χ1n) is 12.4. The van der Waals surface area contributed by atoms with E-state index in [4.69, 9.17) is 19.7 Å². The van der Waals surface area contributed by atoms with Gasteiger partial charge in [-0.25, -0.2) is 15.0 Å². The van der Waals surface area contributed by atoms with E-state index < -0.39 is 5.41 Å². The number of aliphatic hydroxyl groups excluding tert-OH is 2.